The van der Waals surface area contributed by atoms with Crippen molar-refractivity contribution in [1.29, 1.82) is 0 Å². The summed E-state index contributed by atoms with van der Waals surface area (Å²) in [5, 5.41) is 9.68. The number of hydrogen-bond acceptors (Lipinski definition) is 4. The molecule has 0 amide bonds. The molecule has 5 nitrogen and oxygen atoms in total. The van der Waals surface area contributed by atoms with Crippen molar-refractivity contribution in [2.75, 3.05) is 39.5 Å². The van der Waals surface area contributed by atoms with E-state index in [0.29, 0.717) is 32.8 Å². The number of fused-ring (bicyclic) bond motifs is 1. The van der Waals surface area contributed by atoms with Gasteiger partial charge >= 0.3 is 5.97 Å². The topological polar surface area (TPSA) is 59.0 Å². The minimum Gasteiger partial charge on any atom is -0.492 e. The third-order valence-corrected chi connectivity index (χ3v) is 5.22. The number of likely N-dealkylation sites (tertiary alicyclic amines) is 1. The van der Waals surface area contributed by atoms with Gasteiger partial charge in [0.1, 0.15) is 12.4 Å². The fourth-order valence-electron chi connectivity index (χ4n) is 3.80. The van der Waals surface area contributed by atoms with Crippen molar-refractivity contribution in [3.63, 3.8) is 0 Å². The van der Waals surface area contributed by atoms with Gasteiger partial charge in [0.05, 0.1) is 12.0 Å². The van der Waals surface area contributed by atoms with Crippen LogP contribution in [-0.2, 0) is 16.0 Å². The average Bonchev–Trinajstić information content (AvgIpc) is 2.95. The Labute approximate surface area is 137 Å². The molecule has 2 fully saturated rings. The Hall–Kier alpha value is -1.59. The van der Waals surface area contributed by atoms with Crippen molar-refractivity contribution in [1.82, 2.24) is 4.90 Å². The van der Waals surface area contributed by atoms with Gasteiger partial charge in [-0.15, -0.1) is 0 Å². The van der Waals surface area contributed by atoms with E-state index in [-0.39, 0.29) is 5.92 Å². The Morgan fingerprint density at radius 2 is 2.30 bits per heavy atom. The number of para-hydroxylation sites is 1. The summed E-state index contributed by atoms with van der Waals surface area (Å²) in [6.45, 7) is 5.95. The summed E-state index contributed by atoms with van der Waals surface area (Å²) in [5.41, 5.74) is 0.581. The monoisotopic (exact) mass is 319 g/mol. The normalized spacial score (nSPS) is 27.6. The molecule has 2 saturated heterocycles. The molecule has 1 N–H and O–H groups in total. The lowest BCUT2D eigenvalue weighted by molar-refractivity contribution is -0.157. The first-order chi connectivity index (χ1) is 11.2. The van der Waals surface area contributed by atoms with Crippen molar-refractivity contribution in [2.24, 2.45) is 11.3 Å². The average molecular weight is 319 g/mol. The summed E-state index contributed by atoms with van der Waals surface area (Å²) >= 11 is 0. The van der Waals surface area contributed by atoms with Crippen molar-refractivity contribution in [2.45, 2.75) is 19.8 Å². The van der Waals surface area contributed by atoms with Crippen LogP contribution in [-0.4, -0.2) is 55.4 Å². The standard InChI is InChI=1S/C18H25NO4/c1-2-14-5-3-4-6-16(14)23-10-8-19-11-15-12-22-9-7-18(15,13-19)17(20)21/h3-6,15H,2,7-13H2,1H3,(H,20,21)/t15-,18+/m1/s1. The van der Waals surface area contributed by atoms with E-state index in [2.05, 4.69) is 17.9 Å². The van der Waals surface area contributed by atoms with Crippen molar-refractivity contribution in [3.8, 4) is 5.75 Å². The van der Waals surface area contributed by atoms with Gasteiger partial charge in [0.15, 0.2) is 0 Å². The number of rotatable bonds is 6. The first-order valence-electron chi connectivity index (χ1n) is 8.40. The largest absolute Gasteiger partial charge is 0.492 e. The Morgan fingerprint density at radius 1 is 1.48 bits per heavy atom. The van der Waals surface area contributed by atoms with E-state index in [1.54, 1.807) is 0 Å². The van der Waals surface area contributed by atoms with Crippen molar-refractivity contribution >= 4 is 5.97 Å². The van der Waals surface area contributed by atoms with Crippen LogP contribution in [0, 0.1) is 11.3 Å². The van der Waals surface area contributed by atoms with Gasteiger partial charge in [-0.3, -0.25) is 9.69 Å². The number of nitrogens with zero attached hydrogens (tertiary/aromatic N) is 1. The number of carbonyl (C=O) groups is 1. The zero-order chi connectivity index (χ0) is 16.3. The number of hydrogen-bond donors (Lipinski definition) is 1. The predicted molar refractivity (Wildman–Crippen MR) is 86.7 cm³/mol. The van der Waals surface area contributed by atoms with Crippen LogP contribution in [0.2, 0.25) is 0 Å². The second-order valence-electron chi connectivity index (χ2n) is 6.53. The maximum absolute atomic E-state index is 11.8. The fourth-order valence-corrected chi connectivity index (χ4v) is 3.80. The zero-order valence-corrected chi connectivity index (χ0v) is 13.7. The van der Waals surface area contributed by atoms with Crippen LogP contribution in [0.5, 0.6) is 5.75 Å². The molecule has 2 heterocycles. The van der Waals surface area contributed by atoms with Gasteiger partial charge in [-0.05, 0) is 24.5 Å². The van der Waals surface area contributed by atoms with Crippen LogP contribution >= 0.6 is 0 Å². The van der Waals surface area contributed by atoms with Crippen LogP contribution in [0.3, 0.4) is 0 Å². The second-order valence-corrected chi connectivity index (χ2v) is 6.53. The van der Waals surface area contributed by atoms with Crippen LogP contribution in [0.1, 0.15) is 18.9 Å². The van der Waals surface area contributed by atoms with Crippen LogP contribution in [0.25, 0.3) is 0 Å². The molecule has 3 rings (SSSR count). The van der Waals surface area contributed by atoms with Crippen LogP contribution < -0.4 is 4.74 Å². The van der Waals surface area contributed by atoms with E-state index in [1.165, 1.54) is 5.56 Å². The van der Waals surface area contributed by atoms with Crippen molar-refractivity contribution in [3.05, 3.63) is 29.8 Å². The lowest BCUT2D eigenvalue weighted by atomic mass is 9.74. The molecule has 0 saturated carbocycles. The van der Waals surface area contributed by atoms with Gasteiger partial charge in [-0.1, -0.05) is 25.1 Å². The van der Waals surface area contributed by atoms with E-state index in [9.17, 15) is 9.90 Å². The van der Waals surface area contributed by atoms with Gasteiger partial charge in [-0.25, -0.2) is 0 Å². The smallest absolute Gasteiger partial charge is 0.311 e. The molecular formula is C18H25NO4. The number of carboxylic acids is 1. The van der Waals surface area contributed by atoms with E-state index in [4.69, 9.17) is 9.47 Å². The summed E-state index contributed by atoms with van der Waals surface area (Å²) in [6.07, 6.45) is 1.56. The summed E-state index contributed by atoms with van der Waals surface area (Å²) in [5.74, 6) is 0.352. The van der Waals surface area contributed by atoms with Crippen LogP contribution in [0.4, 0.5) is 0 Å². The molecule has 2 aliphatic heterocycles. The first kappa shape index (κ1) is 16.3. The van der Waals surface area contributed by atoms with Gasteiger partial charge < -0.3 is 14.6 Å². The van der Waals surface area contributed by atoms with E-state index in [0.717, 1.165) is 25.3 Å². The lowest BCUT2D eigenvalue weighted by Crippen LogP contribution is -2.44. The molecule has 23 heavy (non-hydrogen) atoms. The summed E-state index contributed by atoms with van der Waals surface area (Å²) < 4.78 is 11.4. The van der Waals surface area contributed by atoms with Gasteiger partial charge in [-0.2, -0.15) is 0 Å². The molecule has 0 aromatic heterocycles. The maximum atomic E-state index is 11.8. The quantitative estimate of drug-likeness (QED) is 0.869. The second kappa shape index (κ2) is 6.89. The maximum Gasteiger partial charge on any atom is 0.311 e. The summed E-state index contributed by atoms with van der Waals surface area (Å²) in [7, 11) is 0. The predicted octanol–water partition coefficient (Wildman–Crippen LogP) is 2.05. The molecule has 0 bridgehead atoms. The number of aliphatic carboxylic acids is 1. The Bertz CT molecular complexity index is 562. The highest BCUT2D eigenvalue weighted by Gasteiger charge is 2.53. The number of aryl methyl sites for hydroxylation is 1. The molecule has 1 aromatic rings. The number of carboxylic acid groups (broad SMARTS) is 1. The highest BCUT2D eigenvalue weighted by Crippen LogP contribution is 2.42. The van der Waals surface area contributed by atoms with E-state index in [1.807, 2.05) is 18.2 Å². The summed E-state index contributed by atoms with van der Waals surface area (Å²) in [6, 6.07) is 8.08. The van der Waals surface area contributed by atoms with E-state index >= 15 is 0 Å². The summed E-state index contributed by atoms with van der Waals surface area (Å²) in [4.78, 5) is 14.0. The SMILES string of the molecule is CCc1ccccc1OCCN1C[C@@H]2COCC[C@]2(C(=O)O)C1. The molecule has 2 aliphatic rings. The number of benzene rings is 1. The number of ether oxygens (including phenoxy) is 2. The molecule has 0 unspecified atom stereocenters. The Kier molecular flexibility index (Phi) is 4.87. The third kappa shape index (κ3) is 3.21. The molecule has 5 heteroatoms. The van der Waals surface area contributed by atoms with Crippen LogP contribution in [0.15, 0.2) is 24.3 Å². The first-order valence-corrected chi connectivity index (χ1v) is 8.40. The molecule has 1 aromatic carbocycles. The molecular weight excluding hydrogens is 294 g/mol. The molecule has 0 radical (unpaired) electrons. The van der Waals surface area contributed by atoms with Crippen molar-refractivity contribution < 1.29 is 19.4 Å². The Balaban J connectivity index is 1.56. The van der Waals surface area contributed by atoms with Gasteiger partial charge in [0, 0.05) is 32.2 Å². The Morgan fingerprint density at radius 3 is 3.04 bits per heavy atom. The minimum atomic E-state index is -0.675. The lowest BCUT2D eigenvalue weighted by Gasteiger charge is -2.34. The third-order valence-electron chi connectivity index (χ3n) is 5.22. The molecule has 126 valence electrons. The van der Waals surface area contributed by atoms with Gasteiger partial charge in [0.2, 0.25) is 0 Å². The highest BCUT2D eigenvalue weighted by atomic mass is 16.5. The molecule has 0 spiro atoms. The highest BCUT2D eigenvalue weighted by molar-refractivity contribution is 5.76. The zero-order valence-electron chi connectivity index (χ0n) is 13.7. The minimum absolute atomic E-state index is 0.0941. The molecule has 2 atom stereocenters. The fraction of sp³-hybridized carbons (Fsp3) is 0.611. The molecule has 0 aliphatic carbocycles. The van der Waals surface area contributed by atoms with E-state index < -0.39 is 11.4 Å². The van der Waals surface area contributed by atoms with Gasteiger partial charge in [0.25, 0.3) is 0 Å².